The summed E-state index contributed by atoms with van der Waals surface area (Å²) in [4.78, 5) is 0. The molecule has 0 saturated heterocycles. The Morgan fingerprint density at radius 2 is 0.529 bits per heavy atom. The second-order valence-electron chi connectivity index (χ2n) is 11.7. The maximum atomic E-state index is 6.38. The highest BCUT2D eigenvalue weighted by molar-refractivity contribution is 7.80. The molecule has 206 valence electrons. The Kier molecular flexibility index (Phi) is 29.1. The lowest BCUT2D eigenvalue weighted by atomic mass is 10.0. The van der Waals surface area contributed by atoms with E-state index in [0.717, 1.165) is 5.75 Å². The van der Waals surface area contributed by atoms with Crippen molar-refractivity contribution in [3.05, 3.63) is 0 Å². The molecular formula is C31H65ClSSi. The first kappa shape index (κ1) is 34.9. The first-order chi connectivity index (χ1) is 16.6. The highest BCUT2D eigenvalue weighted by Crippen LogP contribution is 2.20. The van der Waals surface area contributed by atoms with Crippen LogP contribution >= 0.6 is 23.7 Å². The van der Waals surface area contributed by atoms with Crippen molar-refractivity contribution in [1.29, 1.82) is 0 Å². The van der Waals surface area contributed by atoms with Gasteiger partial charge in [-0.05, 0) is 18.2 Å². The number of hydrogen-bond donors (Lipinski definition) is 1. The first-order valence-corrected chi connectivity index (χ1v) is 20.7. The van der Waals surface area contributed by atoms with E-state index in [4.69, 9.17) is 11.1 Å². The number of thiol groups is 1. The zero-order chi connectivity index (χ0) is 25.0. The summed E-state index contributed by atoms with van der Waals surface area (Å²) < 4.78 is 0. The summed E-state index contributed by atoms with van der Waals surface area (Å²) in [7, 11) is -1.31. The fraction of sp³-hybridized carbons (Fsp3) is 1.00. The summed E-state index contributed by atoms with van der Waals surface area (Å²) in [5.41, 5.74) is 0. The average molecular weight is 533 g/mol. The summed E-state index contributed by atoms with van der Waals surface area (Å²) in [6.07, 6.45) is 39.3. The average Bonchev–Trinajstić information content (AvgIpc) is 2.80. The maximum Gasteiger partial charge on any atom is 0.150 e. The van der Waals surface area contributed by atoms with Gasteiger partial charge < -0.3 is 0 Å². The van der Waals surface area contributed by atoms with E-state index in [2.05, 4.69) is 25.7 Å². The van der Waals surface area contributed by atoms with Gasteiger partial charge in [0, 0.05) is 0 Å². The molecule has 0 fully saturated rings. The Morgan fingerprint density at radius 1 is 0.353 bits per heavy atom. The number of unbranched alkanes of at least 4 members (excludes halogenated alkanes) is 26. The zero-order valence-corrected chi connectivity index (χ0v) is 26.5. The van der Waals surface area contributed by atoms with Crippen LogP contribution in [0.25, 0.3) is 0 Å². The maximum absolute atomic E-state index is 6.38. The molecule has 0 atom stereocenters. The fourth-order valence-electron chi connectivity index (χ4n) is 5.08. The third-order valence-electron chi connectivity index (χ3n) is 7.43. The van der Waals surface area contributed by atoms with Crippen molar-refractivity contribution in [2.45, 2.75) is 193 Å². The van der Waals surface area contributed by atoms with Crippen LogP contribution in [0.4, 0.5) is 0 Å². The van der Waals surface area contributed by atoms with E-state index >= 15 is 0 Å². The molecule has 34 heavy (non-hydrogen) atoms. The van der Waals surface area contributed by atoms with Gasteiger partial charge in [-0.25, -0.2) is 0 Å². The highest BCUT2D eigenvalue weighted by Gasteiger charge is 2.15. The van der Waals surface area contributed by atoms with Crippen LogP contribution in [0.1, 0.15) is 173 Å². The number of rotatable bonds is 29. The van der Waals surface area contributed by atoms with Gasteiger partial charge in [-0.1, -0.05) is 180 Å². The SMILES string of the molecule is C[Si](C)(Cl)CCCCCCCCCCCCCCCCCCCCCCCCCCCCCS. The Bertz CT molecular complexity index is 369. The molecule has 0 radical (unpaired) electrons. The molecule has 0 aromatic rings. The standard InChI is InChI=1S/C31H65ClSSi/c1-34(2,32)31-29-27-25-23-21-19-17-15-13-11-9-7-5-3-4-6-8-10-12-14-16-18-20-22-24-26-28-30-33/h33H,3-31H2,1-2H3. The van der Waals surface area contributed by atoms with Crippen LogP contribution in [0, 0.1) is 0 Å². The second kappa shape index (κ2) is 28.4. The first-order valence-electron chi connectivity index (χ1n) is 15.9. The molecule has 0 aliphatic heterocycles. The third-order valence-corrected chi connectivity index (χ3v) is 9.86. The van der Waals surface area contributed by atoms with Crippen LogP contribution in [0.15, 0.2) is 0 Å². The van der Waals surface area contributed by atoms with E-state index in [1.807, 2.05) is 0 Å². The summed E-state index contributed by atoms with van der Waals surface area (Å²) in [6, 6.07) is 1.30. The van der Waals surface area contributed by atoms with E-state index in [9.17, 15) is 0 Å². The topological polar surface area (TPSA) is 0 Å². The molecule has 0 amide bonds. The van der Waals surface area contributed by atoms with Gasteiger partial charge >= 0.3 is 0 Å². The molecule has 0 aliphatic carbocycles. The minimum atomic E-state index is -1.31. The van der Waals surface area contributed by atoms with Crippen LogP contribution in [0.2, 0.25) is 19.1 Å². The lowest BCUT2D eigenvalue weighted by Gasteiger charge is -2.11. The monoisotopic (exact) mass is 532 g/mol. The van der Waals surface area contributed by atoms with Crippen LogP contribution in [-0.4, -0.2) is 13.1 Å². The summed E-state index contributed by atoms with van der Waals surface area (Å²) in [5.74, 6) is 1.07. The minimum Gasteiger partial charge on any atom is -0.179 e. The lowest BCUT2D eigenvalue weighted by Crippen LogP contribution is -2.14. The van der Waals surface area contributed by atoms with Gasteiger partial charge in [-0.15, -0.1) is 0 Å². The second-order valence-corrected chi connectivity index (χ2v) is 19.2. The molecule has 0 rings (SSSR count). The normalized spacial score (nSPS) is 12.0. The molecule has 3 heteroatoms. The molecule has 0 saturated carbocycles. The van der Waals surface area contributed by atoms with Crippen molar-refractivity contribution in [2.24, 2.45) is 0 Å². The molecule has 0 aliphatic rings. The number of hydrogen-bond acceptors (Lipinski definition) is 1. The van der Waals surface area contributed by atoms with E-state index in [1.165, 1.54) is 179 Å². The van der Waals surface area contributed by atoms with Crippen molar-refractivity contribution < 1.29 is 0 Å². The predicted octanol–water partition coefficient (Wildman–Crippen LogP) is 12.9. The molecule has 0 aromatic carbocycles. The quantitative estimate of drug-likeness (QED) is 0.0420. The van der Waals surface area contributed by atoms with Crippen LogP contribution in [0.3, 0.4) is 0 Å². The van der Waals surface area contributed by atoms with Crippen molar-refractivity contribution in [3.63, 3.8) is 0 Å². The van der Waals surface area contributed by atoms with Gasteiger partial charge in [0.15, 0.2) is 0 Å². The fourth-order valence-corrected chi connectivity index (χ4v) is 6.79. The molecular weight excluding hydrogens is 468 g/mol. The van der Waals surface area contributed by atoms with E-state index in [1.54, 1.807) is 0 Å². The molecule has 0 unspecified atom stereocenters. The Balaban J connectivity index is 3.03. The van der Waals surface area contributed by atoms with E-state index in [0.29, 0.717) is 0 Å². The van der Waals surface area contributed by atoms with Crippen molar-refractivity contribution in [1.82, 2.24) is 0 Å². The van der Waals surface area contributed by atoms with Gasteiger partial charge in [-0.2, -0.15) is 23.7 Å². The molecule has 0 aromatic heterocycles. The van der Waals surface area contributed by atoms with E-state index < -0.39 is 7.38 Å². The van der Waals surface area contributed by atoms with Crippen LogP contribution < -0.4 is 0 Å². The van der Waals surface area contributed by atoms with Crippen molar-refractivity contribution in [3.8, 4) is 0 Å². The molecule has 0 bridgehead atoms. The van der Waals surface area contributed by atoms with Crippen LogP contribution in [-0.2, 0) is 0 Å². The van der Waals surface area contributed by atoms with Crippen molar-refractivity contribution in [2.75, 3.05) is 5.75 Å². The van der Waals surface area contributed by atoms with Gasteiger partial charge in [0.2, 0.25) is 0 Å². The third kappa shape index (κ3) is 32.9. The van der Waals surface area contributed by atoms with Gasteiger partial charge in [0.25, 0.3) is 0 Å². The van der Waals surface area contributed by atoms with Gasteiger partial charge in [0.1, 0.15) is 7.38 Å². The molecule has 0 N–H and O–H groups in total. The Labute approximate surface area is 228 Å². The van der Waals surface area contributed by atoms with Crippen molar-refractivity contribution >= 4 is 31.1 Å². The minimum absolute atomic E-state index is 1.07. The largest absolute Gasteiger partial charge is 0.179 e. The van der Waals surface area contributed by atoms with Gasteiger partial charge in [0.05, 0.1) is 0 Å². The molecule has 0 heterocycles. The molecule has 0 spiro atoms. The number of halogens is 1. The Hall–Kier alpha value is 0.857. The van der Waals surface area contributed by atoms with Crippen LogP contribution in [0.5, 0.6) is 0 Å². The zero-order valence-electron chi connectivity index (χ0n) is 23.8. The van der Waals surface area contributed by atoms with E-state index in [-0.39, 0.29) is 0 Å². The predicted molar refractivity (Wildman–Crippen MR) is 167 cm³/mol. The summed E-state index contributed by atoms with van der Waals surface area (Å²) in [5, 5.41) is 0. The smallest absolute Gasteiger partial charge is 0.150 e. The lowest BCUT2D eigenvalue weighted by molar-refractivity contribution is 0.515. The van der Waals surface area contributed by atoms with Gasteiger partial charge in [-0.3, -0.25) is 0 Å². The summed E-state index contributed by atoms with van der Waals surface area (Å²) >= 11 is 10.7. The molecule has 0 nitrogen and oxygen atoms in total. The highest BCUT2D eigenvalue weighted by atomic mass is 35.6. The Morgan fingerprint density at radius 3 is 0.706 bits per heavy atom. The summed E-state index contributed by atoms with van der Waals surface area (Å²) in [6.45, 7) is 4.54.